The summed E-state index contributed by atoms with van der Waals surface area (Å²) in [6.07, 6.45) is 3.21. The van der Waals surface area contributed by atoms with Gasteiger partial charge in [-0.15, -0.1) is 0 Å². The number of hydrazone groups is 1. The predicted molar refractivity (Wildman–Crippen MR) is 82.6 cm³/mol. The van der Waals surface area contributed by atoms with Crippen molar-refractivity contribution in [3.63, 3.8) is 0 Å². The molecule has 4 heteroatoms. The lowest BCUT2D eigenvalue weighted by Crippen LogP contribution is -2.31. The first-order valence-electron chi connectivity index (χ1n) is 7.60. The molecule has 3 nitrogen and oxygen atoms in total. The van der Waals surface area contributed by atoms with Crippen LogP contribution in [0.15, 0.2) is 29.4 Å². The van der Waals surface area contributed by atoms with Gasteiger partial charge in [0.15, 0.2) is 0 Å². The molecule has 21 heavy (non-hydrogen) atoms. The normalized spacial score (nSPS) is 24.3. The Morgan fingerprint density at radius 3 is 2.71 bits per heavy atom. The predicted octanol–water partition coefficient (Wildman–Crippen LogP) is 4.00. The molecule has 1 saturated carbocycles. The fourth-order valence-corrected chi connectivity index (χ4v) is 2.92. The number of amides is 1. The molecule has 0 unspecified atom stereocenters. The van der Waals surface area contributed by atoms with Gasteiger partial charge in [-0.25, -0.2) is 9.82 Å². The lowest BCUT2D eigenvalue weighted by molar-refractivity contribution is 0.0950. The van der Waals surface area contributed by atoms with Gasteiger partial charge in [0.05, 0.1) is 5.56 Å². The van der Waals surface area contributed by atoms with Gasteiger partial charge in [0.2, 0.25) is 0 Å². The molecule has 1 N–H and O–H groups in total. The fourth-order valence-electron chi connectivity index (χ4n) is 2.92. The maximum atomic E-state index is 13.6. The Morgan fingerprint density at radius 1 is 1.33 bits per heavy atom. The number of carbonyl (C=O) groups excluding carboxylic acids is 1. The van der Waals surface area contributed by atoms with Crippen molar-refractivity contribution in [3.8, 4) is 0 Å². The summed E-state index contributed by atoms with van der Waals surface area (Å²) in [4.78, 5) is 12.0. The Balaban J connectivity index is 2.11. The first kappa shape index (κ1) is 15.7. The Kier molecular flexibility index (Phi) is 5.10. The van der Waals surface area contributed by atoms with Crippen LogP contribution in [0.2, 0.25) is 0 Å². The number of nitrogens with zero attached hydrogens (tertiary/aromatic N) is 1. The molecule has 1 amide bonds. The molecule has 1 aromatic carbocycles. The third-order valence-electron chi connectivity index (χ3n) is 4.18. The van der Waals surface area contributed by atoms with Crippen LogP contribution in [-0.2, 0) is 0 Å². The number of benzene rings is 1. The van der Waals surface area contributed by atoms with E-state index in [9.17, 15) is 9.18 Å². The molecular formula is C17H23FN2O. The van der Waals surface area contributed by atoms with Crippen LogP contribution < -0.4 is 5.43 Å². The highest BCUT2D eigenvalue weighted by atomic mass is 19.1. The number of nitrogens with one attached hydrogen (secondary N) is 1. The van der Waals surface area contributed by atoms with Crippen molar-refractivity contribution in [3.05, 3.63) is 35.6 Å². The quantitative estimate of drug-likeness (QED) is 0.840. The molecule has 0 saturated heterocycles. The molecule has 1 fully saturated rings. The highest BCUT2D eigenvalue weighted by Gasteiger charge is 2.27. The molecule has 2 atom stereocenters. The van der Waals surface area contributed by atoms with Crippen LogP contribution in [-0.4, -0.2) is 11.6 Å². The van der Waals surface area contributed by atoms with Crippen LogP contribution >= 0.6 is 0 Å². The number of halogens is 1. The van der Waals surface area contributed by atoms with Crippen LogP contribution in [0.4, 0.5) is 4.39 Å². The van der Waals surface area contributed by atoms with E-state index in [1.165, 1.54) is 18.6 Å². The van der Waals surface area contributed by atoms with Crippen LogP contribution in [0, 0.1) is 23.6 Å². The number of carbonyl (C=O) groups is 1. The Labute approximate surface area is 125 Å². The third kappa shape index (κ3) is 3.90. The summed E-state index contributed by atoms with van der Waals surface area (Å²) >= 11 is 0. The molecule has 1 aromatic rings. The topological polar surface area (TPSA) is 41.5 Å². The van der Waals surface area contributed by atoms with Crippen molar-refractivity contribution >= 4 is 11.6 Å². The van der Waals surface area contributed by atoms with E-state index in [0.29, 0.717) is 17.8 Å². The van der Waals surface area contributed by atoms with Crippen molar-refractivity contribution in [2.45, 2.75) is 40.0 Å². The number of rotatable bonds is 3. The Morgan fingerprint density at radius 2 is 2.05 bits per heavy atom. The lowest BCUT2D eigenvalue weighted by Gasteiger charge is -2.30. The minimum Gasteiger partial charge on any atom is -0.267 e. The SMILES string of the molecule is CC(C)[C@H]1CC[C@@H](C)C/C1=N/NC(=O)c1ccccc1F. The fraction of sp³-hybridized carbons (Fsp3) is 0.529. The largest absolute Gasteiger partial charge is 0.274 e. The van der Waals surface area contributed by atoms with E-state index in [1.54, 1.807) is 12.1 Å². The van der Waals surface area contributed by atoms with Crippen LogP contribution in [0.1, 0.15) is 50.4 Å². The summed E-state index contributed by atoms with van der Waals surface area (Å²) in [5.74, 6) is 0.488. The van der Waals surface area contributed by atoms with Gasteiger partial charge in [-0.3, -0.25) is 4.79 Å². The lowest BCUT2D eigenvalue weighted by atomic mass is 9.76. The monoisotopic (exact) mass is 290 g/mol. The highest BCUT2D eigenvalue weighted by molar-refractivity contribution is 5.96. The maximum absolute atomic E-state index is 13.6. The summed E-state index contributed by atoms with van der Waals surface area (Å²) in [7, 11) is 0. The molecule has 114 valence electrons. The second-order valence-electron chi connectivity index (χ2n) is 6.26. The van der Waals surface area contributed by atoms with Gasteiger partial charge in [0.25, 0.3) is 5.91 Å². The van der Waals surface area contributed by atoms with E-state index in [2.05, 4.69) is 31.3 Å². The van der Waals surface area contributed by atoms with Crippen molar-refractivity contribution in [1.82, 2.24) is 5.43 Å². The highest BCUT2D eigenvalue weighted by Crippen LogP contribution is 2.31. The molecule has 1 aliphatic rings. The van der Waals surface area contributed by atoms with Gasteiger partial charge in [-0.1, -0.05) is 32.9 Å². The van der Waals surface area contributed by atoms with Gasteiger partial charge < -0.3 is 0 Å². The molecule has 2 rings (SSSR count). The number of hydrogen-bond donors (Lipinski definition) is 1. The van der Waals surface area contributed by atoms with Crippen LogP contribution in [0.3, 0.4) is 0 Å². The van der Waals surface area contributed by atoms with E-state index in [-0.39, 0.29) is 5.56 Å². The summed E-state index contributed by atoms with van der Waals surface area (Å²) < 4.78 is 13.6. The molecular weight excluding hydrogens is 267 g/mol. The first-order valence-corrected chi connectivity index (χ1v) is 7.60. The molecule has 0 aromatic heterocycles. The van der Waals surface area contributed by atoms with Gasteiger partial charge >= 0.3 is 0 Å². The van der Waals surface area contributed by atoms with Crippen LogP contribution in [0.5, 0.6) is 0 Å². The number of hydrogen-bond acceptors (Lipinski definition) is 2. The third-order valence-corrected chi connectivity index (χ3v) is 4.18. The van der Waals surface area contributed by atoms with Crippen molar-refractivity contribution in [2.75, 3.05) is 0 Å². The molecule has 0 bridgehead atoms. The van der Waals surface area contributed by atoms with E-state index in [1.807, 2.05) is 0 Å². The minimum absolute atomic E-state index is 0.0341. The molecule has 1 aliphatic carbocycles. The smallest absolute Gasteiger partial charge is 0.267 e. The average molecular weight is 290 g/mol. The van der Waals surface area contributed by atoms with Gasteiger partial charge in [-0.05, 0) is 43.2 Å². The van der Waals surface area contributed by atoms with E-state index in [0.717, 1.165) is 18.6 Å². The van der Waals surface area contributed by atoms with E-state index in [4.69, 9.17) is 0 Å². The maximum Gasteiger partial charge on any atom is 0.274 e. The Bertz CT molecular complexity index is 539. The standard InChI is InChI=1S/C17H23FN2O/c1-11(2)13-9-8-12(3)10-16(13)19-20-17(21)14-6-4-5-7-15(14)18/h4-7,11-13H,8-10H2,1-3H3,(H,20,21)/b19-16-/t12-,13-/m1/s1. The zero-order valence-corrected chi connectivity index (χ0v) is 12.9. The Hall–Kier alpha value is -1.71. The second kappa shape index (κ2) is 6.83. The van der Waals surface area contributed by atoms with E-state index >= 15 is 0 Å². The van der Waals surface area contributed by atoms with Crippen molar-refractivity contribution in [2.24, 2.45) is 22.9 Å². The van der Waals surface area contributed by atoms with Gasteiger partial charge in [0, 0.05) is 11.6 Å². The van der Waals surface area contributed by atoms with Gasteiger partial charge in [0.1, 0.15) is 5.82 Å². The van der Waals surface area contributed by atoms with Crippen LogP contribution in [0.25, 0.3) is 0 Å². The molecule has 0 spiro atoms. The molecule has 0 heterocycles. The summed E-state index contributed by atoms with van der Waals surface area (Å²) in [5, 5.41) is 4.30. The van der Waals surface area contributed by atoms with Crippen molar-refractivity contribution < 1.29 is 9.18 Å². The second-order valence-corrected chi connectivity index (χ2v) is 6.26. The van der Waals surface area contributed by atoms with E-state index < -0.39 is 11.7 Å². The minimum atomic E-state index is -0.521. The van der Waals surface area contributed by atoms with Crippen molar-refractivity contribution in [1.29, 1.82) is 0 Å². The zero-order valence-electron chi connectivity index (χ0n) is 12.9. The summed E-state index contributed by atoms with van der Waals surface area (Å²) in [5.41, 5.74) is 3.59. The first-order chi connectivity index (χ1) is 9.99. The molecule has 0 aliphatic heterocycles. The van der Waals surface area contributed by atoms with Gasteiger partial charge in [-0.2, -0.15) is 5.10 Å². The zero-order chi connectivity index (χ0) is 15.4. The summed E-state index contributed by atoms with van der Waals surface area (Å²) in [6.45, 7) is 6.55. The average Bonchev–Trinajstić information content (AvgIpc) is 2.45. The summed E-state index contributed by atoms with van der Waals surface area (Å²) in [6, 6.07) is 5.95. The molecule has 0 radical (unpaired) electrons.